The van der Waals surface area contributed by atoms with Gasteiger partial charge in [0.05, 0.1) is 10.9 Å². The van der Waals surface area contributed by atoms with Crippen LogP contribution in [-0.4, -0.2) is 21.3 Å². The summed E-state index contributed by atoms with van der Waals surface area (Å²) in [6, 6.07) is 4.61. The molecule has 0 saturated carbocycles. The number of nitrogens with zero attached hydrogens (tertiary/aromatic N) is 3. The fraction of sp³-hybridized carbons (Fsp3) is 0.333. The van der Waals surface area contributed by atoms with E-state index in [1.165, 1.54) is 20.9 Å². The number of thiophene rings is 2. The third kappa shape index (κ3) is 2.10. The minimum atomic E-state index is 0.308. The minimum absolute atomic E-state index is 0.308. The van der Waals surface area contributed by atoms with Crippen LogP contribution in [0.5, 0.6) is 0 Å². The Hall–Kier alpha value is -1.66. The van der Waals surface area contributed by atoms with Gasteiger partial charge in [0.25, 0.3) is 0 Å². The highest BCUT2D eigenvalue weighted by atomic mass is 32.1. The Morgan fingerprint density at radius 1 is 1.19 bits per heavy atom. The summed E-state index contributed by atoms with van der Waals surface area (Å²) in [5.74, 6) is 1.73. The molecule has 108 valence electrons. The van der Waals surface area contributed by atoms with Gasteiger partial charge in [-0.05, 0) is 54.3 Å². The molecule has 0 saturated heterocycles. The quantitative estimate of drug-likeness (QED) is 0.774. The molecule has 3 aromatic rings. The van der Waals surface area contributed by atoms with Gasteiger partial charge >= 0.3 is 0 Å². The van der Waals surface area contributed by atoms with Gasteiger partial charge in [-0.3, -0.25) is 0 Å². The predicted octanol–water partition coefficient (Wildman–Crippen LogP) is 4.09. The van der Waals surface area contributed by atoms with E-state index in [4.69, 9.17) is 10.1 Å². The van der Waals surface area contributed by atoms with Gasteiger partial charge in [-0.1, -0.05) is 0 Å². The molecule has 4 nitrogen and oxygen atoms in total. The van der Waals surface area contributed by atoms with E-state index in [0.29, 0.717) is 6.04 Å². The van der Waals surface area contributed by atoms with Crippen LogP contribution in [0.25, 0.3) is 10.7 Å². The third-order valence-electron chi connectivity index (χ3n) is 3.90. The average Bonchev–Trinajstić information content (AvgIpc) is 3.16. The van der Waals surface area contributed by atoms with Gasteiger partial charge in [0.1, 0.15) is 0 Å². The van der Waals surface area contributed by atoms with E-state index < -0.39 is 0 Å². The Labute approximate surface area is 131 Å². The lowest BCUT2D eigenvalue weighted by molar-refractivity contribution is 0.486. The number of fused-ring (bicyclic) bond motifs is 1. The molecule has 1 aliphatic rings. The zero-order valence-corrected chi connectivity index (χ0v) is 13.6. The van der Waals surface area contributed by atoms with E-state index in [2.05, 4.69) is 46.7 Å². The summed E-state index contributed by atoms with van der Waals surface area (Å²) in [6.07, 6.45) is 1.06. The molecule has 1 unspecified atom stereocenters. The number of nitrogens with one attached hydrogen (secondary N) is 1. The summed E-state index contributed by atoms with van der Waals surface area (Å²) in [6.45, 7) is 5.23. The Morgan fingerprint density at radius 3 is 2.71 bits per heavy atom. The minimum Gasteiger partial charge on any atom is -0.354 e. The molecule has 0 radical (unpaired) electrons. The van der Waals surface area contributed by atoms with Crippen LogP contribution in [0.1, 0.15) is 28.5 Å². The monoisotopic (exact) mass is 316 g/mol. The molecule has 0 fully saturated rings. The Kier molecular flexibility index (Phi) is 3.08. The van der Waals surface area contributed by atoms with Crippen molar-refractivity contribution in [2.45, 2.75) is 26.3 Å². The summed E-state index contributed by atoms with van der Waals surface area (Å²) in [5.41, 5.74) is 2.59. The summed E-state index contributed by atoms with van der Waals surface area (Å²) in [5, 5.41) is 12.4. The van der Waals surface area contributed by atoms with Crippen molar-refractivity contribution in [3.63, 3.8) is 0 Å². The number of hydrogen-bond donors (Lipinski definition) is 1. The molecule has 0 spiro atoms. The average molecular weight is 316 g/mol. The van der Waals surface area contributed by atoms with Crippen molar-refractivity contribution in [1.82, 2.24) is 14.8 Å². The lowest BCUT2D eigenvalue weighted by Gasteiger charge is -2.24. The highest BCUT2D eigenvalue weighted by Gasteiger charge is 2.27. The molecular formula is C15H16N4S2. The fourth-order valence-corrected chi connectivity index (χ4v) is 4.67. The van der Waals surface area contributed by atoms with Crippen LogP contribution in [0.3, 0.4) is 0 Å². The van der Waals surface area contributed by atoms with E-state index in [9.17, 15) is 0 Å². The molecule has 1 N–H and O–H groups in total. The smallest absolute Gasteiger partial charge is 0.222 e. The fourth-order valence-electron chi connectivity index (χ4n) is 2.77. The molecule has 21 heavy (non-hydrogen) atoms. The molecule has 0 aromatic carbocycles. The molecule has 1 atom stereocenters. The molecule has 6 heteroatoms. The third-order valence-corrected chi connectivity index (χ3v) is 6.03. The van der Waals surface area contributed by atoms with Crippen LogP contribution in [0.15, 0.2) is 22.9 Å². The van der Waals surface area contributed by atoms with E-state index in [-0.39, 0.29) is 0 Å². The maximum Gasteiger partial charge on any atom is 0.222 e. The number of rotatable bonds is 2. The van der Waals surface area contributed by atoms with Crippen molar-refractivity contribution in [1.29, 1.82) is 0 Å². The SMILES string of the molecule is Cc1ccsc1-c1nc2n(n1)C(c1sccc1C)CCN2. The first-order valence-corrected chi connectivity index (χ1v) is 8.79. The largest absolute Gasteiger partial charge is 0.354 e. The summed E-state index contributed by atoms with van der Waals surface area (Å²) < 4.78 is 2.07. The van der Waals surface area contributed by atoms with Crippen LogP contribution < -0.4 is 5.32 Å². The van der Waals surface area contributed by atoms with Crippen molar-refractivity contribution >= 4 is 28.6 Å². The number of aromatic nitrogens is 3. The van der Waals surface area contributed by atoms with Crippen LogP contribution in [-0.2, 0) is 0 Å². The highest BCUT2D eigenvalue weighted by molar-refractivity contribution is 7.13. The first-order chi connectivity index (χ1) is 10.2. The molecule has 0 aliphatic carbocycles. The van der Waals surface area contributed by atoms with Gasteiger partial charge in [-0.25, -0.2) is 4.68 Å². The second-order valence-electron chi connectivity index (χ2n) is 5.34. The standard InChI is InChI=1S/C15H16N4S2/c1-9-4-7-20-12(9)11-3-6-16-15-17-14(18-19(11)15)13-10(2)5-8-21-13/h4-5,7-8,11H,3,6H2,1-2H3,(H,16,17,18). The maximum absolute atomic E-state index is 4.79. The highest BCUT2D eigenvalue weighted by Crippen LogP contribution is 2.35. The summed E-state index contributed by atoms with van der Waals surface area (Å²) >= 11 is 3.52. The Morgan fingerprint density at radius 2 is 2.00 bits per heavy atom. The molecule has 3 aromatic heterocycles. The molecule has 4 heterocycles. The predicted molar refractivity (Wildman–Crippen MR) is 88.4 cm³/mol. The van der Waals surface area contributed by atoms with E-state index >= 15 is 0 Å². The van der Waals surface area contributed by atoms with Gasteiger partial charge in [0, 0.05) is 11.4 Å². The van der Waals surface area contributed by atoms with Gasteiger partial charge in [0.15, 0.2) is 5.82 Å². The number of hydrogen-bond acceptors (Lipinski definition) is 5. The second-order valence-corrected chi connectivity index (χ2v) is 7.20. The van der Waals surface area contributed by atoms with Crippen molar-refractivity contribution in [3.05, 3.63) is 38.9 Å². The number of anilines is 1. The zero-order valence-electron chi connectivity index (χ0n) is 12.0. The molecular weight excluding hydrogens is 300 g/mol. The molecule has 0 amide bonds. The van der Waals surface area contributed by atoms with Crippen LogP contribution in [0.4, 0.5) is 5.95 Å². The zero-order chi connectivity index (χ0) is 14.4. The van der Waals surface area contributed by atoms with Gasteiger partial charge in [-0.2, -0.15) is 4.98 Å². The second kappa shape index (κ2) is 4.96. The van der Waals surface area contributed by atoms with Crippen LogP contribution in [0.2, 0.25) is 0 Å². The topological polar surface area (TPSA) is 42.7 Å². The normalized spacial score (nSPS) is 17.5. The lowest BCUT2D eigenvalue weighted by atomic mass is 10.1. The van der Waals surface area contributed by atoms with Crippen molar-refractivity contribution in [3.8, 4) is 10.7 Å². The van der Waals surface area contributed by atoms with E-state index in [1.54, 1.807) is 11.3 Å². The van der Waals surface area contributed by atoms with Crippen molar-refractivity contribution in [2.75, 3.05) is 11.9 Å². The van der Waals surface area contributed by atoms with Crippen molar-refractivity contribution in [2.24, 2.45) is 0 Å². The first kappa shape index (κ1) is 13.0. The van der Waals surface area contributed by atoms with Gasteiger partial charge < -0.3 is 5.32 Å². The maximum atomic E-state index is 4.79. The Bertz CT molecular complexity index is 783. The van der Waals surface area contributed by atoms with Gasteiger partial charge in [-0.15, -0.1) is 27.8 Å². The lowest BCUT2D eigenvalue weighted by Crippen LogP contribution is -2.24. The molecule has 0 bridgehead atoms. The van der Waals surface area contributed by atoms with Crippen molar-refractivity contribution < 1.29 is 0 Å². The van der Waals surface area contributed by atoms with Gasteiger partial charge in [0.2, 0.25) is 5.95 Å². The van der Waals surface area contributed by atoms with E-state index in [0.717, 1.165) is 24.7 Å². The van der Waals surface area contributed by atoms with Crippen LogP contribution in [0, 0.1) is 13.8 Å². The molecule has 4 rings (SSSR count). The molecule has 1 aliphatic heterocycles. The number of aryl methyl sites for hydroxylation is 2. The van der Waals surface area contributed by atoms with Crippen LogP contribution >= 0.6 is 22.7 Å². The van der Waals surface area contributed by atoms with E-state index in [1.807, 2.05) is 11.3 Å². The Balaban J connectivity index is 1.80. The summed E-state index contributed by atoms with van der Waals surface area (Å²) in [7, 11) is 0. The summed E-state index contributed by atoms with van der Waals surface area (Å²) in [4.78, 5) is 7.27. The first-order valence-electron chi connectivity index (χ1n) is 7.03.